The van der Waals surface area contributed by atoms with Crippen molar-refractivity contribution in [2.75, 3.05) is 0 Å². The molecule has 1 unspecified atom stereocenters. The van der Waals surface area contributed by atoms with Crippen LogP contribution in [0.25, 0.3) is 15.9 Å². The molecule has 0 aliphatic carbocycles. The van der Waals surface area contributed by atoms with E-state index in [0.29, 0.717) is 15.7 Å². The molecule has 0 aliphatic rings. The minimum absolute atomic E-state index is 0.226. The van der Waals surface area contributed by atoms with Crippen molar-refractivity contribution >= 4 is 45.0 Å². The molecule has 1 atom stereocenters. The number of hydrogen-bond donors (Lipinski definition) is 1. The summed E-state index contributed by atoms with van der Waals surface area (Å²) in [5, 5.41) is 8.60. The number of esters is 1. The van der Waals surface area contributed by atoms with Gasteiger partial charge in [-0.2, -0.15) is 5.10 Å². The fourth-order valence-corrected chi connectivity index (χ4v) is 4.21. The quantitative estimate of drug-likeness (QED) is 0.443. The Morgan fingerprint density at radius 3 is 2.83 bits per heavy atom. The lowest BCUT2D eigenvalue weighted by molar-refractivity contribution is -0.129. The van der Waals surface area contributed by atoms with Crippen LogP contribution in [-0.2, 0) is 16.1 Å². The molecule has 7 nitrogen and oxygen atoms in total. The summed E-state index contributed by atoms with van der Waals surface area (Å²) in [6.45, 7) is 3.62. The zero-order valence-electron chi connectivity index (χ0n) is 16.2. The second kappa shape index (κ2) is 8.33. The van der Waals surface area contributed by atoms with Crippen LogP contribution in [0.5, 0.6) is 0 Å². The molecule has 3 aromatic heterocycles. The zero-order valence-corrected chi connectivity index (χ0v) is 17.8. The molecule has 9 heteroatoms. The third-order valence-corrected chi connectivity index (χ3v) is 5.91. The Morgan fingerprint density at radius 1 is 1.30 bits per heavy atom. The highest BCUT2D eigenvalue weighted by molar-refractivity contribution is 7.20. The highest BCUT2D eigenvalue weighted by Crippen LogP contribution is 2.32. The largest absolute Gasteiger partial charge is 0.467 e. The Kier molecular flexibility index (Phi) is 5.61. The summed E-state index contributed by atoms with van der Waals surface area (Å²) in [7, 11) is 0. The van der Waals surface area contributed by atoms with E-state index in [2.05, 4.69) is 10.4 Å². The van der Waals surface area contributed by atoms with Gasteiger partial charge in [-0.1, -0.05) is 23.7 Å². The standard InChI is InChI=1S/C21H18ClN3O4S/c1-12-15-10-18(30-20(15)25(24-12)17-8-4-3-7-16(17)22)21(27)29-13(2)19(26)23-11-14-6-5-9-28-14/h3-10,13H,11H2,1-2H3,(H,23,26). The highest BCUT2D eigenvalue weighted by atomic mass is 35.5. The molecule has 4 rings (SSSR count). The van der Waals surface area contributed by atoms with E-state index < -0.39 is 18.0 Å². The van der Waals surface area contributed by atoms with Gasteiger partial charge in [0, 0.05) is 5.39 Å². The number of benzene rings is 1. The lowest BCUT2D eigenvalue weighted by Crippen LogP contribution is -2.35. The van der Waals surface area contributed by atoms with E-state index in [0.717, 1.165) is 21.6 Å². The predicted octanol–water partition coefficient (Wildman–Crippen LogP) is 4.50. The van der Waals surface area contributed by atoms with Gasteiger partial charge in [-0.3, -0.25) is 4.79 Å². The number of rotatable bonds is 6. The molecule has 0 aliphatic heterocycles. The maximum Gasteiger partial charge on any atom is 0.349 e. The molecule has 0 radical (unpaired) electrons. The summed E-state index contributed by atoms with van der Waals surface area (Å²) >= 11 is 7.55. The molecule has 0 fully saturated rings. The molecule has 1 aromatic carbocycles. The summed E-state index contributed by atoms with van der Waals surface area (Å²) in [5.41, 5.74) is 1.49. The summed E-state index contributed by atoms with van der Waals surface area (Å²) < 4.78 is 12.2. The molecule has 0 bridgehead atoms. The minimum Gasteiger partial charge on any atom is -0.467 e. The number of hydrogen-bond acceptors (Lipinski definition) is 6. The van der Waals surface area contributed by atoms with Crippen molar-refractivity contribution in [3.05, 3.63) is 70.1 Å². The van der Waals surface area contributed by atoms with E-state index in [-0.39, 0.29) is 6.54 Å². The first-order chi connectivity index (χ1) is 14.4. The van der Waals surface area contributed by atoms with Crippen LogP contribution in [0.1, 0.15) is 28.0 Å². The minimum atomic E-state index is -0.946. The molecule has 1 N–H and O–H groups in total. The molecule has 154 valence electrons. The first-order valence-electron chi connectivity index (χ1n) is 9.19. The van der Waals surface area contributed by atoms with E-state index in [1.165, 1.54) is 24.5 Å². The highest BCUT2D eigenvalue weighted by Gasteiger charge is 2.23. The number of furan rings is 1. The Hall–Kier alpha value is -3.10. The third kappa shape index (κ3) is 3.96. The van der Waals surface area contributed by atoms with Gasteiger partial charge in [0.25, 0.3) is 5.91 Å². The molecule has 0 spiro atoms. The fraction of sp³-hybridized carbons (Fsp3) is 0.190. The lowest BCUT2D eigenvalue weighted by atomic mass is 10.3. The number of para-hydroxylation sites is 1. The normalized spacial score (nSPS) is 12.1. The number of nitrogens with zero attached hydrogens (tertiary/aromatic N) is 2. The van der Waals surface area contributed by atoms with Gasteiger partial charge in [0.2, 0.25) is 0 Å². The van der Waals surface area contributed by atoms with Crippen molar-refractivity contribution in [3.63, 3.8) is 0 Å². The Morgan fingerprint density at radius 2 is 2.10 bits per heavy atom. The van der Waals surface area contributed by atoms with E-state index in [9.17, 15) is 9.59 Å². The first-order valence-corrected chi connectivity index (χ1v) is 10.4. The third-order valence-electron chi connectivity index (χ3n) is 4.50. The van der Waals surface area contributed by atoms with Gasteiger partial charge >= 0.3 is 5.97 Å². The van der Waals surface area contributed by atoms with Gasteiger partial charge in [0.05, 0.1) is 29.2 Å². The van der Waals surface area contributed by atoms with Crippen LogP contribution in [0.2, 0.25) is 5.02 Å². The number of amides is 1. The number of aryl methyl sites for hydroxylation is 1. The Bertz CT molecular complexity index is 1210. The Balaban J connectivity index is 1.50. The van der Waals surface area contributed by atoms with Gasteiger partial charge in [0.1, 0.15) is 15.5 Å². The smallest absolute Gasteiger partial charge is 0.349 e. The van der Waals surface area contributed by atoms with E-state index in [1.54, 1.807) is 28.9 Å². The van der Waals surface area contributed by atoms with E-state index >= 15 is 0 Å². The van der Waals surface area contributed by atoms with E-state index in [4.69, 9.17) is 20.8 Å². The first kappa shape index (κ1) is 20.2. The van der Waals surface area contributed by atoms with E-state index in [1.807, 2.05) is 25.1 Å². The number of halogens is 1. The summed E-state index contributed by atoms with van der Waals surface area (Å²) in [4.78, 5) is 26.0. The number of nitrogens with one attached hydrogen (secondary N) is 1. The van der Waals surface area contributed by atoms with Crippen LogP contribution in [0, 0.1) is 6.92 Å². The van der Waals surface area contributed by atoms with Crippen molar-refractivity contribution in [1.29, 1.82) is 0 Å². The number of fused-ring (bicyclic) bond motifs is 1. The molecule has 30 heavy (non-hydrogen) atoms. The predicted molar refractivity (Wildman–Crippen MR) is 114 cm³/mol. The van der Waals surface area contributed by atoms with Crippen LogP contribution in [0.15, 0.2) is 53.1 Å². The SMILES string of the molecule is Cc1nn(-c2ccccc2Cl)c2sc(C(=O)OC(C)C(=O)NCc3ccco3)cc12. The zero-order chi connectivity index (χ0) is 21.3. The van der Waals surface area contributed by atoms with Crippen molar-refractivity contribution in [1.82, 2.24) is 15.1 Å². The van der Waals surface area contributed by atoms with Crippen LogP contribution < -0.4 is 5.32 Å². The van der Waals surface area contributed by atoms with Gasteiger partial charge in [-0.05, 0) is 44.2 Å². The summed E-state index contributed by atoms with van der Waals surface area (Å²) in [6, 6.07) is 12.6. The molecular formula is C21H18ClN3O4S. The number of carbonyl (C=O) groups is 2. The maximum atomic E-state index is 12.6. The molecule has 4 aromatic rings. The maximum absolute atomic E-state index is 12.6. The molecule has 0 saturated heterocycles. The lowest BCUT2D eigenvalue weighted by Gasteiger charge is -2.12. The van der Waals surface area contributed by atoms with Gasteiger partial charge < -0.3 is 14.5 Å². The second-order valence-electron chi connectivity index (χ2n) is 6.62. The molecule has 1 amide bonds. The monoisotopic (exact) mass is 443 g/mol. The van der Waals surface area contributed by atoms with Crippen LogP contribution >= 0.6 is 22.9 Å². The van der Waals surface area contributed by atoms with Gasteiger partial charge in [0.15, 0.2) is 6.10 Å². The molecule has 3 heterocycles. The number of thiophene rings is 1. The van der Waals surface area contributed by atoms with Gasteiger partial charge in [-0.15, -0.1) is 11.3 Å². The average molecular weight is 444 g/mol. The van der Waals surface area contributed by atoms with Crippen molar-refractivity contribution in [3.8, 4) is 5.69 Å². The molecule has 0 saturated carbocycles. The van der Waals surface area contributed by atoms with Crippen molar-refractivity contribution in [2.45, 2.75) is 26.5 Å². The topological polar surface area (TPSA) is 86.4 Å². The summed E-state index contributed by atoms with van der Waals surface area (Å²) in [6.07, 6.45) is 0.580. The van der Waals surface area contributed by atoms with Crippen LogP contribution in [0.4, 0.5) is 0 Å². The van der Waals surface area contributed by atoms with Crippen molar-refractivity contribution in [2.24, 2.45) is 0 Å². The van der Waals surface area contributed by atoms with Crippen LogP contribution in [0.3, 0.4) is 0 Å². The average Bonchev–Trinajstić information content (AvgIpc) is 3.45. The number of carbonyl (C=O) groups excluding carboxylic acids is 2. The van der Waals surface area contributed by atoms with Crippen LogP contribution in [-0.4, -0.2) is 27.8 Å². The number of ether oxygens (including phenoxy) is 1. The van der Waals surface area contributed by atoms with Crippen molar-refractivity contribution < 1.29 is 18.7 Å². The fourth-order valence-electron chi connectivity index (χ4n) is 2.94. The molecular weight excluding hydrogens is 426 g/mol. The number of aromatic nitrogens is 2. The summed E-state index contributed by atoms with van der Waals surface area (Å²) in [5.74, 6) is -0.354. The Labute approximate surface area is 181 Å². The van der Waals surface area contributed by atoms with Gasteiger partial charge in [-0.25, -0.2) is 9.48 Å². The second-order valence-corrected chi connectivity index (χ2v) is 8.06.